The summed E-state index contributed by atoms with van der Waals surface area (Å²) in [6.45, 7) is 4.04. The number of hydrogen-bond acceptors (Lipinski definition) is 3. The van der Waals surface area contributed by atoms with Gasteiger partial charge in [0, 0.05) is 6.04 Å². The van der Waals surface area contributed by atoms with E-state index >= 15 is 0 Å². The summed E-state index contributed by atoms with van der Waals surface area (Å²) in [6, 6.07) is 9.90. The van der Waals surface area contributed by atoms with Crippen molar-refractivity contribution in [2.75, 3.05) is 19.7 Å². The molecule has 1 fully saturated rings. The first-order valence-electron chi connectivity index (χ1n) is 6.46. The number of carbonyl (C=O) groups excluding carboxylic acids is 1. The minimum Gasteiger partial charge on any atom is -0.492 e. The summed E-state index contributed by atoms with van der Waals surface area (Å²) in [5.41, 5.74) is 0. The van der Waals surface area contributed by atoms with E-state index in [9.17, 15) is 4.79 Å². The van der Waals surface area contributed by atoms with E-state index in [0.717, 1.165) is 18.7 Å². The molecule has 0 radical (unpaired) electrons. The Labute approximate surface area is 108 Å². The molecular formula is C14H20N2O2. The maximum Gasteiger partial charge on any atom is 0.224 e. The normalized spacial score (nSPS) is 22.7. The van der Waals surface area contributed by atoms with E-state index in [1.165, 1.54) is 0 Å². The lowest BCUT2D eigenvalue weighted by atomic mass is 10.0. The fraction of sp³-hybridized carbons (Fsp3) is 0.500. The summed E-state index contributed by atoms with van der Waals surface area (Å²) in [6.07, 6.45) is 0.923. The highest BCUT2D eigenvalue weighted by Gasteiger charge is 2.28. The Kier molecular flexibility index (Phi) is 4.59. The van der Waals surface area contributed by atoms with E-state index in [1.54, 1.807) is 0 Å². The summed E-state index contributed by atoms with van der Waals surface area (Å²) >= 11 is 0. The van der Waals surface area contributed by atoms with Gasteiger partial charge in [-0.15, -0.1) is 0 Å². The molecule has 0 saturated carbocycles. The van der Waals surface area contributed by atoms with Gasteiger partial charge in [-0.2, -0.15) is 0 Å². The Hall–Kier alpha value is -1.55. The minimum absolute atomic E-state index is 0.0988. The molecule has 1 heterocycles. The number of para-hydroxylation sites is 1. The molecule has 4 nitrogen and oxygen atoms in total. The van der Waals surface area contributed by atoms with E-state index in [1.807, 2.05) is 30.3 Å². The highest BCUT2D eigenvalue weighted by atomic mass is 16.5. The summed E-state index contributed by atoms with van der Waals surface area (Å²) in [7, 11) is 0. The second-order valence-corrected chi connectivity index (χ2v) is 4.59. The maximum atomic E-state index is 11.9. The van der Waals surface area contributed by atoms with Crippen LogP contribution in [0.1, 0.15) is 13.3 Å². The number of ether oxygens (including phenoxy) is 1. The van der Waals surface area contributed by atoms with Crippen molar-refractivity contribution in [3.63, 3.8) is 0 Å². The van der Waals surface area contributed by atoms with Gasteiger partial charge in [-0.25, -0.2) is 0 Å². The number of hydrogen-bond donors (Lipinski definition) is 2. The predicted octanol–water partition coefficient (Wildman–Crippen LogP) is 1.18. The zero-order valence-corrected chi connectivity index (χ0v) is 10.7. The Morgan fingerprint density at radius 3 is 2.89 bits per heavy atom. The molecule has 18 heavy (non-hydrogen) atoms. The lowest BCUT2D eigenvalue weighted by molar-refractivity contribution is -0.125. The Morgan fingerprint density at radius 2 is 2.22 bits per heavy atom. The average molecular weight is 248 g/mol. The topological polar surface area (TPSA) is 50.4 Å². The second kappa shape index (κ2) is 6.40. The summed E-state index contributed by atoms with van der Waals surface area (Å²) in [4.78, 5) is 11.9. The van der Waals surface area contributed by atoms with Gasteiger partial charge in [-0.3, -0.25) is 4.79 Å². The first-order valence-corrected chi connectivity index (χ1v) is 6.46. The Balaban J connectivity index is 1.65. The zero-order chi connectivity index (χ0) is 12.8. The first-order chi connectivity index (χ1) is 8.77. The fourth-order valence-corrected chi connectivity index (χ4v) is 2.21. The van der Waals surface area contributed by atoms with Crippen LogP contribution in [0, 0.1) is 5.92 Å². The van der Waals surface area contributed by atoms with Crippen LogP contribution in [0.5, 0.6) is 5.75 Å². The van der Waals surface area contributed by atoms with Crippen molar-refractivity contribution in [1.82, 2.24) is 10.6 Å². The summed E-state index contributed by atoms with van der Waals surface area (Å²) < 4.78 is 5.52. The van der Waals surface area contributed by atoms with Crippen molar-refractivity contribution in [3.8, 4) is 5.75 Å². The summed E-state index contributed by atoms with van der Waals surface area (Å²) in [5, 5.41) is 6.20. The maximum absolute atomic E-state index is 11.9. The Bertz CT molecular complexity index is 381. The van der Waals surface area contributed by atoms with Gasteiger partial charge in [0.05, 0.1) is 12.5 Å². The van der Waals surface area contributed by atoms with Gasteiger partial charge in [0.2, 0.25) is 5.91 Å². The van der Waals surface area contributed by atoms with Crippen LogP contribution in [0.2, 0.25) is 0 Å². The van der Waals surface area contributed by atoms with Crippen LogP contribution in [0.25, 0.3) is 0 Å². The number of rotatable bonds is 5. The van der Waals surface area contributed by atoms with Gasteiger partial charge in [-0.1, -0.05) is 18.2 Å². The van der Waals surface area contributed by atoms with Crippen LogP contribution in [0.3, 0.4) is 0 Å². The summed E-state index contributed by atoms with van der Waals surface area (Å²) in [5.74, 6) is 1.06. The van der Waals surface area contributed by atoms with Crippen molar-refractivity contribution >= 4 is 5.91 Å². The van der Waals surface area contributed by atoms with Crippen LogP contribution < -0.4 is 15.4 Å². The number of benzene rings is 1. The van der Waals surface area contributed by atoms with Gasteiger partial charge in [-0.05, 0) is 32.0 Å². The molecule has 98 valence electrons. The first kappa shape index (κ1) is 12.9. The molecule has 1 amide bonds. The third kappa shape index (κ3) is 3.47. The molecule has 1 aromatic rings. The smallest absolute Gasteiger partial charge is 0.224 e. The molecule has 0 bridgehead atoms. The van der Waals surface area contributed by atoms with Crippen molar-refractivity contribution in [2.45, 2.75) is 19.4 Å². The average Bonchev–Trinajstić information content (AvgIpc) is 2.82. The van der Waals surface area contributed by atoms with Crippen LogP contribution in [0.4, 0.5) is 0 Å². The molecule has 2 atom stereocenters. The second-order valence-electron chi connectivity index (χ2n) is 4.59. The molecule has 1 aromatic carbocycles. The van der Waals surface area contributed by atoms with E-state index in [2.05, 4.69) is 17.6 Å². The zero-order valence-electron chi connectivity index (χ0n) is 10.7. The molecule has 1 aliphatic rings. The van der Waals surface area contributed by atoms with E-state index in [4.69, 9.17) is 4.74 Å². The number of amides is 1. The Morgan fingerprint density at radius 1 is 1.44 bits per heavy atom. The minimum atomic E-state index is 0.0988. The fourth-order valence-electron chi connectivity index (χ4n) is 2.21. The van der Waals surface area contributed by atoms with Crippen LogP contribution >= 0.6 is 0 Å². The molecule has 0 aliphatic carbocycles. The molecule has 4 heteroatoms. The molecule has 0 spiro atoms. The predicted molar refractivity (Wildman–Crippen MR) is 70.5 cm³/mol. The van der Waals surface area contributed by atoms with Crippen molar-refractivity contribution in [2.24, 2.45) is 5.92 Å². The van der Waals surface area contributed by atoms with Gasteiger partial charge < -0.3 is 15.4 Å². The van der Waals surface area contributed by atoms with E-state index in [-0.39, 0.29) is 17.9 Å². The molecule has 2 unspecified atom stereocenters. The van der Waals surface area contributed by atoms with Crippen molar-refractivity contribution < 1.29 is 9.53 Å². The largest absolute Gasteiger partial charge is 0.492 e. The van der Waals surface area contributed by atoms with Crippen LogP contribution in [-0.4, -0.2) is 31.6 Å². The van der Waals surface area contributed by atoms with Crippen LogP contribution in [0.15, 0.2) is 30.3 Å². The molecule has 0 aromatic heterocycles. The third-order valence-corrected chi connectivity index (χ3v) is 3.28. The quantitative estimate of drug-likeness (QED) is 0.769. The van der Waals surface area contributed by atoms with Crippen LogP contribution in [-0.2, 0) is 4.79 Å². The number of nitrogens with one attached hydrogen (secondary N) is 2. The number of carbonyl (C=O) groups is 1. The third-order valence-electron chi connectivity index (χ3n) is 3.28. The van der Waals surface area contributed by atoms with E-state index in [0.29, 0.717) is 13.2 Å². The monoisotopic (exact) mass is 248 g/mol. The molecule has 1 aliphatic heterocycles. The van der Waals surface area contributed by atoms with E-state index < -0.39 is 0 Å². The van der Waals surface area contributed by atoms with Crippen molar-refractivity contribution in [1.29, 1.82) is 0 Å². The highest BCUT2D eigenvalue weighted by molar-refractivity contribution is 5.79. The van der Waals surface area contributed by atoms with Gasteiger partial charge in [0.15, 0.2) is 0 Å². The van der Waals surface area contributed by atoms with Crippen molar-refractivity contribution in [3.05, 3.63) is 30.3 Å². The molecule has 1 saturated heterocycles. The highest BCUT2D eigenvalue weighted by Crippen LogP contribution is 2.14. The lowest BCUT2D eigenvalue weighted by Gasteiger charge is -2.15. The van der Waals surface area contributed by atoms with Gasteiger partial charge in [0.25, 0.3) is 0 Å². The molecular weight excluding hydrogens is 228 g/mol. The lowest BCUT2D eigenvalue weighted by Crippen LogP contribution is -2.38. The standard InChI is InChI=1S/C14H20N2O2/c1-11-13(7-8-15-11)14(17)16-9-10-18-12-5-3-2-4-6-12/h2-6,11,13,15H,7-10H2,1H3,(H,16,17). The molecule has 2 N–H and O–H groups in total. The SMILES string of the molecule is CC1NCCC1C(=O)NCCOc1ccccc1. The molecule has 2 rings (SSSR count). The van der Waals surface area contributed by atoms with Gasteiger partial charge in [0.1, 0.15) is 12.4 Å². The van der Waals surface area contributed by atoms with Gasteiger partial charge >= 0.3 is 0 Å².